The molecule has 6 nitrogen and oxygen atoms in total. The van der Waals surface area contributed by atoms with Crippen LogP contribution >= 0.6 is 34.8 Å². The van der Waals surface area contributed by atoms with E-state index in [9.17, 15) is 4.79 Å². The van der Waals surface area contributed by atoms with Crippen molar-refractivity contribution in [2.24, 2.45) is 0 Å². The molecule has 1 N–H and O–H groups in total. The Kier molecular flexibility index (Phi) is 6.58. The van der Waals surface area contributed by atoms with Crippen LogP contribution in [0.1, 0.15) is 19.3 Å². The second-order valence-corrected chi connectivity index (χ2v) is 8.42. The molecule has 0 unspecified atom stereocenters. The van der Waals surface area contributed by atoms with Gasteiger partial charge < -0.3 is 0 Å². The Balaban J connectivity index is 1.65. The van der Waals surface area contributed by atoms with Crippen LogP contribution in [0.5, 0.6) is 0 Å². The fourth-order valence-electron chi connectivity index (χ4n) is 3.43. The summed E-state index contributed by atoms with van der Waals surface area (Å²) in [6, 6.07) is 12.5. The third-order valence-electron chi connectivity index (χ3n) is 4.88. The Morgan fingerprint density at radius 3 is 2.27 bits per heavy atom. The average molecular weight is 465 g/mol. The topological polar surface area (TPSA) is 63.1 Å². The quantitative estimate of drug-likeness (QED) is 0.571. The minimum absolute atomic E-state index is 0.00228. The molecule has 1 aliphatic heterocycles. The number of aromatic nitrogens is 3. The van der Waals surface area contributed by atoms with Crippen LogP contribution in [0, 0.1) is 0 Å². The van der Waals surface area contributed by atoms with E-state index in [0.717, 1.165) is 31.5 Å². The summed E-state index contributed by atoms with van der Waals surface area (Å²) >= 11 is 18.5. The normalized spacial score (nSPS) is 14.6. The summed E-state index contributed by atoms with van der Waals surface area (Å²) in [5.41, 5.74) is 5.63. The zero-order valence-corrected chi connectivity index (χ0v) is 18.4. The highest BCUT2D eigenvalue weighted by Gasteiger charge is 2.20. The summed E-state index contributed by atoms with van der Waals surface area (Å²) < 4.78 is 0. The van der Waals surface area contributed by atoms with Gasteiger partial charge in [-0.15, -0.1) is 0 Å². The van der Waals surface area contributed by atoms with Gasteiger partial charge in [0, 0.05) is 34.3 Å². The number of carbonyl (C=O) groups excluding carboxylic acids is 1. The molecular weight excluding hydrogens is 445 g/mol. The molecule has 2 aromatic carbocycles. The molecule has 0 atom stereocenters. The van der Waals surface area contributed by atoms with Crippen LogP contribution in [0.15, 0.2) is 42.5 Å². The third-order valence-corrected chi connectivity index (χ3v) is 5.68. The lowest BCUT2D eigenvalue weighted by atomic mass is 10.1. The lowest BCUT2D eigenvalue weighted by Gasteiger charge is -2.26. The maximum absolute atomic E-state index is 12.5. The van der Waals surface area contributed by atoms with Gasteiger partial charge in [0.25, 0.3) is 5.91 Å². The van der Waals surface area contributed by atoms with Crippen LogP contribution in [0.25, 0.3) is 22.5 Å². The first kappa shape index (κ1) is 21.1. The fraction of sp³-hybridized carbons (Fsp3) is 0.286. The molecule has 1 aliphatic rings. The number of piperidine rings is 1. The van der Waals surface area contributed by atoms with E-state index in [1.807, 2.05) is 17.1 Å². The summed E-state index contributed by atoms with van der Waals surface area (Å²) in [4.78, 5) is 13.9. The zero-order valence-electron chi connectivity index (χ0n) is 16.1. The molecule has 0 spiro atoms. The highest BCUT2D eigenvalue weighted by molar-refractivity contribution is 6.36. The Hall–Kier alpha value is -2.12. The van der Waals surface area contributed by atoms with Gasteiger partial charge in [0.2, 0.25) is 0 Å². The van der Waals surface area contributed by atoms with E-state index in [-0.39, 0.29) is 12.5 Å². The van der Waals surface area contributed by atoms with Crippen molar-refractivity contribution in [1.29, 1.82) is 0 Å². The lowest BCUT2D eigenvalue weighted by Crippen LogP contribution is -2.46. The van der Waals surface area contributed by atoms with Crippen molar-refractivity contribution in [1.82, 2.24) is 25.4 Å². The van der Waals surface area contributed by atoms with Crippen LogP contribution in [-0.4, -0.2) is 39.0 Å². The van der Waals surface area contributed by atoms with Crippen LogP contribution in [0.3, 0.4) is 0 Å². The van der Waals surface area contributed by atoms with E-state index < -0.39 is 0 Å². The summed E-state index contributed by atoms with van der Waals surface area (Å²) in [5.74, 6) is -0.164. The molecule has 4 rings (SSSR count). The molecule has 1 saturated heterocycles. The Morgan fingerprint density at radius 2 is 1.57 bits per heavy atom. The van der Waals surface area contributed by atoms with Gasteiger partial charge in [-0.3, -0.25) is 10.2 Å². The molecule has 1 aromatic heterocycles. The first-order valence-electron chi connectivity index (χ1n) is 9.70. The van der Waals surface area contributed by atoms with Gasteiger partial charge in [-0.1, -0.05) is 53.4 Å². The predicted octanol–water partition coefficient (Wildman–Crippen LogP) is 5.09. The van der Waals surface area contributed by atoms with E-state index in [0.29, 0.717) is 32.0 Å². The van der Waals surface area contributed by atoms with Crippen molar-refractivity contribution in [2.75, 3.05) is 13.1 Å². The van der Waals surface area contributed by atoms with E-state index in [1.54, 1.807) is 30.3 Å². The van der Waals surface area contributed by atoms with E-state index in [4.69, 9.17) is 34.8 Å². The maximum Gasteiger partial charge on any atom is 0.257 e. The van der Waals surface area contributed by atoms with Gasteiger partial charge in [0.15, 0.2) is 0 Å². The van der Waals surface area contributed by atoms with Crippen LogP contribution in [0.2, 0.25) is 15.1 Å². The molecule has 3 aromatic rings. The highest BCUT2D eigenvalue weighted by atomic mass is 35.5. The number of hydrazine groups is 1. The first-order chi connectivity index (χ1) is 14.5. The number of carbonyl (C=O) groups is 1. The molecule has 0 radical (unpaired) electrons. The number of halogens is 3. The van der Waals surface area contributed by atoms with Gasteiger partial charge in [-0.25, -0.2) is 5.01 Å². The number of amides is 1. The largest absolute Gasteiger partial charge is 0.287 e. The smallest absolute Gasteiger partial charge is 0.257 e. The highest BCUT2D eigenvalue weighted by Crippen LogP contribution is 2.35. The second kappa shape index (κ2) is 9.35. The van der Waals surface area contributed by atoms with Gasteiger partial charge in [-0.05, 0) is 43.2 Å². The summed E-state index contributed by atoms with van der Waals surface area (Å²) in [7, 11) is 0. The van der Waals surface area contributed by atoms with Gasteiger partial charge >= 0.3 is 0 Å². The number of hydrogen-bond acceptors (Lipinski definition) is 4. The van der Waals surface area contributed by atoms with Crippen molar-refractivity contribution in [3.8, 4) is 22.5 Å². The number of hydrogen-bond donors (Lipinski definition) is 1. The number of nitrogens with one attached hydrogen (secondary N) is 1. The van der Waals surface area contributed by atoms with E-state index >= 15 is 0 Å². The molecule has 1 amide bonds. The third kappa shape index (κ3) is 4.95. The average Bonchev–Trinajstić information content (AvgIpc) is 3.12. The Bertz CT molecular complexity index is 1050. The SMILES string of the molecule is O=C(Cn1nc(-c2ccc(Cl)cc2)c(-c2ccc(Cl)cc2Cl)n1)NN1CCCCC1. The van der Waals surface area contributed by atoms with Crippen molar-refractivity contribution >= 4 is 40.7 Å². The molecule has 2 heterocycles. The van der Waals surface area contributed by atoms with E-state index in [2.05, 4.69) is 15.6 Å². The van der Waals surface area contributed by atoms with Crippen LogP contribution < -0.4 is 5.43 Å². The standard InChI is InChI=1S/C21H20Cl3N5O/c22-15-6-4-14(5-7-15)20-21(17-9-8-16(23)12-18(17)24)27-29(26-20)13-19(30)25-28-10-2-1-3-11-28/h4-9,12H,1-3,10-11,13H2,(H,25,30). The monoisotopic (exact) mass is 463 g/mol. The summed E-state index contributed by atoms with van der Waals surface area (Å²) in [6.07, 6.45) is 3.36. The molecule has 0 bridgehead atoms. The number of rotatable bonds is 5. The van der Waals surface area contributed by atoms with E-state index in [1.165, 1.54) is 11.2 Å². The molecular formula is C21H20Cl3N5O. The summed E-state index contributed by atoms with van der Waals surface area (Å²) in [5, 5.41) is 12.7. The van der Waals surface area contributed by atoms with Crippen LogP contribution in [0.4, 0.5) is 0 Å². The second-order valence-electron chi connectivity index (χ2n) is 7.14. The number of nitrogens with zero attached hydrogens (tertiary/aromatic N) is 4. The molecule has 30 heavy (non-hydrogen) atoms. The lowest BCUT2D eigenvalue weighted by molar-refractivity contribution is -0.127. The minimum atomic E-state index is -0.164. The summed E-state index contributed by atoms with van der Waals surface area (Å²) in [6.45, 7) is 1.72. The minimum Gasteiger partial charge on any atom is -0.287 e. The Morgan fingerprint density at radius 1 is 0.900 bits per heavy atom. The van der Waals surface area contributed by atoms with Gasteiger partial charge in [0.05, 0.1) is 5.02 Å². The van der Waals surface area contributed by atoms with Crippen molar-refractivity contribution in [3.63, 3.8) is 0 Å². The van der Waals surface area contributed by atoms with Gasteiger partial charge in [0.1, 0.15) is 17.9 Å². The predicted molar refractivity (Wildman–Crippen MR) is 119 cm³/mol. The maximum atomic E-state index is 12.5. The molecule has 0 saturated carbocycles. The number of benzene rings is 2. The fourth-order valence-corrected chi connectivity index (χ4v) is 4.05. The first-order valence-corrected chi connectivity index (χ1v) is 10.8. The van der Waals surface area contributed by atoms with Crippen molar-refractivity contribution < 1.29 is 4.79 Å². The zero-order chi connectivity index (χ0) is 21.1. The van der Waals surface area contributed by atoms with Crippen molar-refractivity contribution in [2.45, 2.75) is 25.8 Å². The molecule has 156 valence electrons. The molecule has 1 fully saturated rings. The van der Waals surface area contributed by atoms with Crippen LogP contribution in [-0.2, 0) is 11.3 Å². The van der Waals surface area contributed by atoms with Crippen molar-refractivity contribution in [3.05, 3.63) is 57.5 Å². The molecule has 9 heteroatoms. The van der Waals surface area contributed by atoms with Gasteiger partial charge in [-0.2, -0.15) is 15.0 Å². The molecule has 0 aliphatic carbocycles. The Labute approximate surface area is 189 Å².